The highest BCUT2D eigenvalue weighted by molar-refractivity contribution is 6.03. The van der Waals surface area contributed by atoms with Crippen LogP contribution in [-0.2, 0) is 16.1 Å². The van der Waals surface area contributed by atoms with E-state index in [1.807, 2.05) is 0 Å². The normalized spacial score (nSPS) is 10.2. The van der Waals surface area contributed by atoms with E-state index in [-0.39, 0.29) is 18.0 Å². The third kappa shape index (κ3) is 5.14. The summed E-state index contributed by atoms with van der Waals surface area (Å²) < 4.78 is 38.5. The van der Waals surface area contributed by atoms with Crippen LogP contribution >= 0.6 is 0 Å². The Morgan fingerprint density at radius 1 is 0.870 bits per heavy atom. The van der Waals surface area contributed by atoms with Crippen LogP contribution in [0.5, 0.6) is 0 Å². The number of carbonyl (C=O) groups excluding carboxylic acids is 2. The van der Waals surface area contributed by atoms with E-state index in [1.165, 1.54) is 30.3 Å². The summed E-state index contributed by atoms with van der Waals surface area (Å²) in [5, 5.41) is 4.79. The van der Waals surface area contributed by atoms with Gasteiger partial charge in [-0.2, -0.15) is 0 Å². The quantitative estimate of drug-likeness (QED) is 0.832. The van der Waals surface area contributed by atoms with Crippen molar-refractivity contribution in [1.29, 1.82) is 0 Å². The summed E-state index contributed by atoms with van der Waals surface area (Å²) in [4.78, 5) is 23.3. The molecular weight excluding hydrogens is 309 g/mol. The van der Waals surface area contributed by atoms with E-state index in [4.69, 9.17) is 0 Å². The summed E-state index contributed by atoms with van der Waals surface area (Å²) in [5.41, 5.74) is 0.737. The van der Waals surface area contributed by atoms with Crippen LogP contribution in [0.25, 0.3) is 0 Å². The van der Waals surface area contributed by atoms with Crippen molar-refractivity contribution in [3.63, 3.8) is 0 Å². The summed E-state index contributed by atoms with van der Waals surface area (Å²) in [6, 6.07) is 8.43. The molecule has 0 saturated heterocycles. The van der Waals surface area contributed by atoms with E-state index >= 15 is 0 Å². The zero-order valence-electron chi connectivity index (χ0n) is 11.9. The lowest BCUT2D eigenvalue weighted by Gasteiger charge is -2.07. The topological polar surface area (TPSA) is 58.2 Å². The van der Waals surface area contributed by atoms with Crippen molar-refractivity contribution in [3.8, 4) is 0 Å². The number of hydrogen-bond donors (Lipinski definition) is 2. The molecule has 120 valence electrons. The smallest absolute Gasteiger partial charge is 0.233 e. The Morgan fingerprint density at radius 2 is 1.57 bits per heavy atom. The maximum atomic E-state index is 13.0. The first-order valence-corrected chi connectivity index (χ1v) is 6.70. The first-order chi connectivity index (χ1) is 10.9. The van der Waals surface area contributed by atoms with Gasteiger partial charge >= 0.3 is 0 Å². The van der Waals surface area contributed by atoms with Gasteiger partial charge in [0.2, 0.25) is 11.8 Å². The third-order valence-electron chi connectivity index (χ3n) is 2.93. The number of benzene rings is 2. The number of anilines is 1. The van der Waals surface area contributed by atoms with Gasteiger partial charge in [0.15, 0.2) is 11.6 Å². The van der Waals surface area contributed by atoms with Crippen LogP contribution in [-0.4, -0.2) is 11.8 Å². The van der Waals surface area contributed by atoms with Crippen molar-refractivity contribution in [1.82, 2.24) is 5.32 Å². The minimum absolute atomic E-state index is 0.0558. The Labute approximate surface area is 130 Å². The van der Waals surface area contributed by atoms with E-state index < -0.39 is 29.9 Å². The van der Waals surface area contributed by atoms with Crippen LogP contribution in [0.15, 0.2) is 42.5 Å². The third-order valence-corrected chi connectivity index (χ3v) is 2.93. The Hall–Kier alpha value is -2.83. The molecule has 2 rings (SSSR count). The highest BCUT2D eigenvalue weighted by atomic mass is 19.2. The van der Waals surface area contributed by atoms with Crippen LogP contribution in [0, 0.1) is 17.5 Å². The number of rotatable bonds is 5. The van der Waals surface area contributed by atoms with E-state index in [9.17, 15) is 22.8 Å². The maximum absolute atomic E-state index is 13.0. The van der Waals surface area contributed by atoms with Gasteiger partial charge in [0.25, 0.3) is 0 Å². The zero-order chi connectivity index (χ0) is 16.8. The first-order valence-electron chi connectivity index (χ1n) is 6.70. The summed E-state index contributed by atoms with van der Waals surface area (Å²) in [5.74, 6) is -3.71. The first kappa shape index (κ1) is 16.5. The van der Waals surface area contributed by atoms with Gasteiger partial charge in [0, 0.05) is 18.3 Å². The van der Waals surface area contributed by atoms with Crippen molar-refractivity contribution in [2.24, 2.45) is 0 Å². The molecule has 2 amide bonds. The van der Waals surface area contributed by atoms with Gasteiger partial charge in [-0.1, -0.05) is 12.1 Å². The maximum Gasteiger partial charge on any atom is 0.233 e. The van der Waals surface area contributed by atoms with E-state index in [2.05, 4.69) is 10.6 Å². The second-order valence-electron chi connectivity index (χ2n) is 4.76. The fourth-order valence-corrected chi connectivity index (χ4v) is 1.79. The predicted octanol–water partition coefficient (Wildman–Crippen LogP) is 2.75. The van der Waals surface area contributed by atoms with Gasteiger partial charge in [0.05, 0.1) is 0 Å². The van der Waals surface area contributed by atoms with E-state index in [0.29, 0.717) is 5.56 Å². The molecule has 0 aliphatic rings. The molecule has 0 heterocycles. The SMILES string of the molecule is O=C(CC(=O)Nc1ccc(F)c(F)c1)NCc1ccc(F)cc1. The molecule has 0 fully saturated rings. The van der Waals surface area contributed by atoms with E-state index in [1.54, 1.807) is 0 Å². The molecule has 0 radical (unpaired) electrons. The van der Waals surface area contributed by atoms with E-state index in [0.717, 1.165) is 12.1 Å². The molecule has 0 aliphatic carbocycles. The Bertz CT molecular complexity index is 718. The number of halogens is 3. The minimum atomic E-state index is -1.09. The van der Waals surface area contributed by atoms with Gasteiger partial charge < -0.3 is 10.6 Å². The average Bonchev–Trinajstić information content (AvgIpc) is 2.50. The van der Waals surface area contributed by atoms with Gasteiger partial charge in [0.1, 0.15) is 12.2 Å². The van der Waals surface area contributed by atoms with Gasteiger partial charge in [-0.3, -0.25) is 9.59 Å². The molecule has 23 heavy (non-hydrogen) atoms. The van der Waals surface area contributed by atoms with Crippen LogP contribution in [0.3, 0.4) is 0 Å². The molecule has 0 saturated carbocycles. The van der Waals surface area contributed by atoms with Crippen LogP contribution < -0.4 is 10.6 Å². The molecule has 0 atom stereocenters. The lowest BCUT2D eigenvalue weighted by molar-refractivity contribution is -0.126. The molecular formula is C16H13F3N2O2. The highest BCUT2D eigenvalue weighted by Gasteiger charge is 2.11. The minimum Gasteiger partial charge on any atom is -0.352 e. The van der Waals surface area contributed by atoms with Gasteiger partial charge in [-0.05, 0) is 29.8 Å². The zero-order valence-corrected chi connectivity index (χ0v) is 11.9. The number of carbonyl (C=O) groups is 2. The molecule has 4 nitrogen and oxygen atoms in total. The lowest BCUT2D eigenvalue weighted by Crippen LogP contribution is -2.27. The number of hydrogen-bond acceptors (Lipinski definition) is 2. The largest absolute Gasteiger partial charge is 0.352 e. The summed E-state index contributed by atoms with van der Waals surface area (Å²) in [6.45, 7) is 0.150. The molecule has 2 N–H and O–H groups in total. The standard InChI is InChI=1S/C16H13F3N2O2/c17-11-3-1-10(2-4-11)9-20-15(22)8-16(23)21-12-5-6-13(18)14(19)7-12/h1-7H,8-9H2,(H,20,22)(H,21,23). The summed E-state index contributed by atoms with van der Waals surface area (Å²) >= 11 is 0. The molecule has 0 unspecified atom stereocenters. The Kier molecular flexibility index (Phi) is 5.35. The molecule has 0 bridgehead atoms. The number of nitrogens with one attached hydrogen (secondary N) is 2. The molecule has 7 heteroatoms. The van der Waals surface area contributed by atoms with Gasteiger partial charge in [-0.15, -0.1) is 0 Å². The van der Waals surface area contributed by atoms with Crippen molar-refractivity contribution >= 4 is 17.5 Å². The van der Waals surface area contributed by atoms with Gasteiger partial charge in [-0.25, -0.2) is 13.2 Å². The van der Waals surface area contributed by atoms with Crippen molar-refractivity contribution in [2.45, 2.75) is 13.0 Å². The molecule has 0 spiro atoms. The van der Waals surface area contributed by atoms with Crippen molar-refractivity contribution in [3.05, 3.63) is 65.5 Å². The molecule has 2 aromatic carbocycles. The molecule has 0 aromatic heterocycles. The monoisotopic (exact) mass is 322 g/mol. The molecule has 0 aliphatic heterocycles. The Morgan fingerprint density at radius 3 is 2.22 bits per heavy atom. The second kappa shape index (κ2) is 7.44. The van der Waals surface area contributed by atoms with Crippen LogP contribution in [0.2, 0.25) is 0 Å². The summed E-state index contributed by atoms with van der Waals surface area (Å²) in [6.07, 6.45) is -0.472. The van der Waals surface area contributed by atoms with Crippen molar-refractivity contribution in [2.75, 3.05) is 5.32 Å². The fourth-order valence-electron chi connectivity index (χ4n) is 1.79. The summed E-state index contributed by atoms with van der Waals surface area (Å²) in [7, 11) is 0. The number of amides is 2. The van der Waals surface area contributed by atoms with Crippen LogP contribution in [0.1, 0.15) is 12.0 Å². The fraction of sp³-hybridized carbons (Fsp3) is 0.125. The lowest BCUT2D eigenvalue weighted by atomic mass is 10.2. The van der Waals surface area contributed by atoms with Crippen LogP contribution in [0.4, 0.5) is 18.9 Å². The predicted molar refractivity (Wildman–Crippen MR) is 77.9 cm³/mol. The van der Waals surface area contributed by atoms with Crippen molar-refractivity contribution < 1.29 is 22.8 Å². The molecule has 2 aromatic rings. The highest BCUT2D eigenvalue weighted by Crippen LogP contribution is 2.13. The second-order valence-corrected chi connectivity index (χ2v) is 4.76. The average molecular weight is 322 g/mol. The Balaban J connectivity index is 1.81.